The van der Waals surface area contributed by atoms with E-state index in [1.54, 1.807) is 18.4 Å². The van der Waals surface area contributed by atoms with E-state index in [4.69, 9.17) is 9.84 Å². The number of ether oxygens (including phenoxy) is 1. The molecule has 5 heteroatoms. The summed E-state index contributed by atoms with van der Waals surface area (Å²) in [5.41, 5.74) is 2.01. The Morgan fingerprint density at radius 3 is 3.00 bits per heavy atom. The van der Waals surface area contributed by atoms with Gasteiger partial charge in [0.1, 0.15) is 5.75 Å². The normalized spacial score (nSPS) is 10.2. The van der Waals surface area contributed by atoms with Gasteiger partial charge in [-0.25, -0.2) is 0 Å². The second-order valence-electron chi connectivity index (χ2n) is 4.36. The van der Waals surface area contributed by atoms with Crippen molar-refractivity contribution in [1.82, 2.24) is 0 Å². The number of aryl methyl sites for hydroxylation is 1. The quantitative estimate of drug-likeness (QED) is 0.821. The molecule has 4 nitrogen and oxygen atoms in total. The first-order valence-electron chi connectivity index (χ1n) is 6.34. The minimum absolute atomic E-state index is 0.155. The van der Waals surface area contributed by atoms with Crippen molar-refractivity contribution < 1.29 is 14.6 Å². The molecule has 0 spiro atoms. The van der Waals surface area contributed by atoms with Gasteiger partial charge in [-0.05, 0) is 35.6 Å². The highest BCUT2D eigenvalue weighted by Gasteiger charge is 2.04. The van der Waals surface area contributed by atoms with Gasteiger partial charge in [-0.3, -0.25) is 4.79 Å². The molecular weight excluding hydrogens is 274 g/mol. The van der Waals surface area contributed by atoms with E-state index in [0.29, 0.717) is 13.0 Å². The second kappa shape index (κ2) is 6.96. The molecule has 2 rings (SSSR count). The van der Waals surface area contributed by atoms with Crippen LogP contribution in [-0.2, 0) is 17.8 Å². The Labute approximate surface area is 122 Å². The van der Waals surface area contributed by atoms with Crippen molar-refractivity contribution in [2.24, 2.45) is 0 Å². The predicted octanol–water partition coefficient (Wildman–Crippen LogP) is 3.39. The maximum Gasteiger partial charge on any atom is 0.303 e. The number of hydrogen-bond donors (Lipinski definition) is 2. The molecule has 0 saturated carbocycles. The number of rotatable bonds is 7. The number of carboxylic acid groups (broad SMARTS) is 1. The Bertz CT molecular complexity index is 580. The third-order valence-electron chi connectivity index (χ3n) is 2.93. The zero-order valence-corrected chi connectivity index (χ0v) is 12.1. The van der Waals surface area contributed by atoms with Crippen molar-refractivity contribution in [2.75, 3.05) is 12.4 Å². The SMILES string of the molecule is COc1ccsc1CNc1cccc(CCC(=O)O)c1. The van der Waals surface area contributed by atoms with Crippen LogP contribution in [0.25, 0.3) is 0 Å². The fourth-order valence-corrected chi connectivity index (χ4v) is 2.69. The molecule has 20 heavy (non-hydrogen) atoms. The first kappa shape index (κ1) is 14.4. The summed E-state index contributed by atoms with van der Waals surface area (Å²) in [7, 11) is 1.66. The molecule has 1 aromatic carbocycles. The zero-order valence-electron chi connectivity index (χ0n) is 11.3. The summed E-state index contributed by atoms with van der Waals surface area (Å²) in [5, 5.41) is 14.0. The van der Waals surface area contributed by atoms with Crippen LogP contribution < -0.4 is 10.1 Å². The smallest absolute Gasteiger partial charge is 0.303 e. The monoisotopic (exact) mass is 291 g/mol. The minimum Gasteiger partial charge on any atom is -0.496 e. The van der Waals surface area contributed by atoms with Crippen LogP contribution >= 0.6 is 11.3 Å². The summed E-state index contributed by atoms with van der Waals surface area (Å²) in [6.07, 6.45) is 0.704. The van der Waals surface area contributed by atoms with E-state index < -0.39 is 5.97 Å². The molecule has 0 unspecified atom stereocenters. The number of carbonyl (C=O) groups is 1. The summed E-state index contributed by atoms with van der Waals surface area (Å²) in [4.78, 5) is 11.7. The highest BCUT2D eigenvalue weighted by Crippen LogP contribution is 2.25. The summed E-state index contributed by atoms with van der Waals surface area (Å²) >= 11 is 1.65. The molecular formula is C15H17NO3S. The molecule has 0 aliphatic heterocycles. The third kappa shape index (κ3) is 3.99. The van der Waals surface area contributed by atoms with E-state index in [1.807, 2.05) is 35.7 Å². The van der Waals surface area contributed by atoms with E-state index in [9.17, 15) is 4.79 Å². The fraction of sp³-hybridized carbons (Fsp3) is 0.267. The number of carboxylic acids is 1. The van der Waals surface area contributed by atoms with Crippen molar-refractivity contribution in [2.45, 2.75) is 19.4 Å². The molecule has 2 N–H and O–H groups in total. The molecule has 1 aromatic heterocycles. The first-order chi connectivity index (χ1) is 9.69. The van der Waals surface area contributed by atoms with Gasteiger partial charge in [-0.15, -0.1) is 11.3 Å². The van der Waals surface area contributed by atoms with Gasteiger partial charge in [0, 0.05) is 12.1 Å². The average Bonchev–Trinajstić information content (AvgIpc) is 2.91. The zero-order chi connectivity index (χ0) is 14.4. The first-order valence-corrected chi connectivity index (χ1v) is 7.22. The minimum atomic E-state index is -0.772. The van der Waals surface area contributed by atoms with E-state index in [-0.39, 0.29) is 6.42 Å². The molecule has 2 aromatic rings. The molecule has 0 fully saturated rings. The van der Waals surface area contributed by atoms with Crippen LogP contribution in [-0.4, -0.2) is 18.2 Å². The maximum absolute atomic E-state index is 10.6. The summed E-state index contributed by atoms with van der Waals surface area (Å²) < 4.78 is 5.27. The predicted molar refractivity (Wildman–Crippen MR) is 80.6 cm³/mol. The number of hydrogen-bond acceptors (Lipinski definition) is 4. The molecule has 106 valence electrons. The lowest BCUT2D eigenvalue weighted by Crippen LogP contribution is -2.01. The van der Waals surface area contributed by atoms with Crippen molar-refractivity contribution >= 4 is 23.0 Å². The average molecular weight is 291 g/mol. The van der Waals surface area contributed by atoms with E-state index in [2.05, 4.69) is 5.32 Å². The maximum atomic E-state index is 10.6. The Balaban J connectivity index is 1.96. The third-order valence-corrected chi connectivity index (χ3v) is 3.83. The second-order valence-corrected chi connectivity index (χ2v) is 5.36. The standard InChI is InChI=1S/C15H17NO3S/c1-19-13-7-8-20-14(13)10-16-12-4-2-3-11(9-12)5-6-15(17)18/h2-4,7-9,16H,5-6,10H2,1H3,(H,17,18). The van der Waals surface area contributed by atoms with Gasteiger partial charge >= 0.3 is 5.97 Å². The lowest BCUT2D eigenvalue weighted by atomic mass is 10.1. The number of nitrogens with one attached hydrogen (secondary N) is 1. The lowest BCUT2D eigenvalue weighted by Gasteiger charge is -2.08. The van der Waals surface area contributed by atoms with Crippen LogP contribution in [0, 0.1) is 0 Å². The number of thiophene rings is 1. The van der Waals surface area contributed by atoms with Crippen LogP contribution in [0.3, 0.4) is 0 Å². The van der Waals surface area contributed by atoms with Crippen molar-refractivity contribution in [3.8, 4) is 5.75 Å². The largest absolute Gasteiger partial charge is 0.496 e. The van der Waals surface area contributed by atoms with Crippen LogP contribution in [0.4, 0.5) is 5.69 Å². The van der Waals surface area contributed by atoms with Gasteiger partial charge < -0.3 is 15.2 Å². The Kier molecular flexibility index (Phi) is 5.01. The molecule has 0 aliphatic rings. The van der Waals surface area contributed by atoms with Gasteiger partial charge in [-0.1, -0.05) is 12.1 Å². The Morgan fingerprint density at radius 2 is 2.25 bits per heavy atom. The Hall–Kier alpha value is -2.01. The van der Waals surface area contributed by atoms with E-state index in [0.717, 1.165) is 21.9 Å². The van der Waals surface area contributed by atoms with Crippen LogP contribution in [0.15, 0.2) is 35.7 Å². The van der Waals surface area contributed by atoms with Crippen molar-refractivity contribution in [3.63, 3.8) is 0 Å². The van der Waals surface area contributed by atoms with Gasteiger partial charge in [0.25, 0.3) is 0 Å². The fourth-order valence-electron chi connectivity index (χ4n) is 1.91. The van der Waals surface area contributed by atoms with Gasteiger partial charge in [0.2, 0.25) is 0 Å². The highest BCUT2D eigenvalue weighted by atomic mass is 32.1. The summed E-state index contributed by atoms with van der Waals surface area (Å²) in [5.74, 6) is 0.121. The summed E-state index contributed by atoms with van der Waals surface area (Å²) in [6.45, 7) is 0.698. The lowest BCUT2D eigenvalue weighted by molar-refractivity contribution is -0.136. The molecule has 1 heterocycles. The van der Waals surface area contributed by atoms with Gasteiger partial charge in [0.05, 0.1) is 18.5 Å². The van der Waals surface area contributed by atoms with Crippen LogP contribution in [0.5, 0.6) is 5.75 Å². The van der Waals surface area contributed by atoms with Crippen molar-refractivity contribution in [1.29, 1.82) is 0 Å². The number of aliphatic carboxylic acids is 1. The number of methoxy groups -OCH3 is 1. The number of benzene rings is 1. The molecule has 0 amide bonds. The molecule has 0 saturated heterocycles. The Morgan fingerprint density at radius 1 is 1.40 bits per heavy atom. The molecule has 0 aliphatic carbocycles. The topological polar surface area (TPSA) is 58.6 Å². The number of anilines is 1. The van der Waals surface area contributed by atoms with Gasteiger partial charge in [0.15, 0.2) is 0 Å². The molecule has 0 radical (unpaired) electrons. The molecule has 0 atom stereocenters. The van der Waals surface area contributed by atoms with Crippen LogP contribution in [0.2, 0.25) is 0 Å². The highest BCUT2D eigenvalue weighted by molar-refractivity contribution is 7.10. The van der Waals surface area contributed by atoms with E-state index >= 15 is 0 Å². The van der Waals surface area contributed by atoms with Crippen molar-refractivity contribution in [3.05, 3.63) is 46.2 Å². The molecule has 0 bridgehead atoms. The van der Waals surface area contributed by atoms with Gasteiger partial charge in [-0.2, -0.15) is 0 Å². The van der Waals surface area contributed by atoms with Crippen LogP contribution in [0.1, 0.15) is 16.9 Å². The summed E-state index contributed by atoms with van der Waals surface area (Å²) in [6, 6.07) is 9.79. The van der Waals surface area contributed by atoms with E-state index in [1.165, 1.54) is 0 Å².